The van der Waals surface area contributed by atoms with Crippen molar-refractivity contribution in [2.24, 2.45) is 0 Å². The zero-order chi connectivity index (χ0) is 17.5. The number of nitrogens with one attached hydrogen (secondary N) is 1. The largest absolute Gasteiger partial charge is 0.482 e. The molecule has 3 rings (SSSR count). The zero-order valence-corrected chi connectivity index (χ0v) is 14.3. The van der Waals surface area contributed by atoms with Crippen LogP contribution in [0, 0.1) is 0 Å². The van der Waals surface area contributed by atoms with Gasteiger partial charge in [-0.1, -0.05) is 42.5 Å². The Labute approximate surface area is 147 Å². The van der Waals surface area contributed by atoms with Gasteiger partial charge in [0, 0.05) is 13.2 Å². The van der Waals surface area contributed by atoms with Crippen LogP contribution >= 0.6 is 0 Å². The molecule has 0 spiro atoms. The van der Waals surface area contributed by atoms with E-state index >= 15 is 0 Å². The van der Waals surface area contributed by atoms with E-state index < -0.39 is 6.10 Å². The molecular weight excluding hydrogens is 318 g/mol. The Morgan fingerprint density at radius 1 is 1.04 bits per heavy atom. The van der Waals surface area contributed by atoms with Crippen molar-refractivity contribution in [3.8, 4) is 11.5 Å². The van der Waals surface area contributed by atoms with Crippen LogP contribution in [0.1, 0.15) is 18.9 Å². The van der Waals surface area contributed by atoms with Gasteiger partial charge in [0.1, 0.15) is 6.10 Å². The fourth-order valence-electron chi connectivity index (χ4n) is 2.66. The number of carbonyl (C=O) groups excluding carboxylic acids is 1. The zero-order valence-electron chi connectivity index (χ0n) is 14.3. The van der Waals surface area contributed by atoms with E-state index in [9.17, 15) is 4.79 Å². The molecule has 5 heteroatoms. The summed E-state index contributed by atoms with van der Waals surface area (Å²) >= 11 is 0. The van der Waals surface area contributed by atoms with E-state index in [-0.39, 0.29) is 12.0 Å². The minimum Gasteiger partial charge on any atom is -0.482 e. The third-order valence-corrected chi connectivity index (χ3v) is 3.98. The van der Waals surface area contributed by atoms with Gasteiger partial charge in [-0.15, -0.1) is 0 Å². The van der Waals surface area contributed by atoms with Gasteiger partial charge in [-0.3, -0.25) is 4.79 Å². The van der Waals surface area contributed by atoms with Crippen LogP contribution in [0.4, 0.5) is 0 Å². The Bertz CT molecular complexity index is 689. The number of benzene rings is 2. The van der Waals surface area contributed by atoms with E-state index in [1.54, 1.807) is 6.07 Å². The van der Waals surface area contributed by atoms with Crippen LogP contribution in [0.5, 0.6) is 11.5 Å². The first-order valence-corrected chi connectivity index (χ1v) is 8.56. The van der Waals surface area contributed by atoms with E-state index in [0.717, 1.165) is 12.0 Å². The fourth-order valence-corrected chi connectivity index (χ4v) is 2.66. The highest BCUT2D eigenvalue weighted by Crippen LogP contribution is 2.33. The molecule has 5 nitrogen and oxygen atoms in total. The number of fused-ring (bicyclic) bond motifs is 1. The standard InChI is InChI=1S/C20H23NO4/c1-15-19(25-18-11-6-5-10-17(18)24-15)20(22)21-12-7-13-23-14-16-8-3-2-4-9-16/h2-6,8-11,15,19H,7,12-14H2,1H3,(H,21,22)/t15-,19-/m1/s1. The van der Waals surface area contributed by atoms with Crippen LogP contribution in [0.25, 0.3) is 0 Å². The van der Waals surface area contributed by atoms with Gasteiger partial charge in [-0.2, -0.15) is 0 Å². The van der Waals surface area contributed by atoms with Gasteiger partial charge < -0.3 is 19.5 Å². The van der Waals surface area contributed by atoms with Crippen molar-refractivity contribution in [2.45, 2.75) is 32.2 Å². The van der Waals surface area contributed by atoms with E-state index in [1.807, 2.05) is 55.5 Å². The maximum atomic E-state index is 12.3. The molecule has 1 heterocycles. The molecule has 1 amide bonds. The molecule has 1 aliphatic rings. The topological polar surface area (TPSA) is 56.8 Å². The maximum absolute atomic E-state index is 12.3. The predicted molar refractivity (Wildman–Crippen MR) is 94.7 cm³/mol. The van der Waals surface area contributed by atoms with Gasteiger partial charge >= 0.3 is 0 Å². The van der Waals surface area contributed by atoms with Crippen LogP contribution in [0.2, 0.25) is 0 Å². The summed E-state index contributed by atoms with van der Waals surface area (Å²) in [5.74, 6) is 1.12. The van der Waals surface area contributed by atoms with Gasteiger partial charge in [0.15, 0.2) is 11.5 Å². The van der Waals surface area contributed by atoms with Crippen molar-refractivity contribution in [3.05, 3.63) is 60.2 Å². The number of rotatable bonds is 7. The predicted octanol–water partition coefficient (Wildman–Crippen LogP) is 2.94. The summed E-state index contributed by atoms with van der Waals surface area (Å²) in [7, 11) is 0. The number of amides is 1. The van der Waals surface area contributed by atoms with Crippen LogP contribution in [0.15, 0.2) is 54.6 Å². The van der Waals surface area contributed by atoms with E-state index in [2.05, 4.69) is 5.32 Å². The molecule has 0 saturated carbocycles. The quantitative estimate of drug-likeness (QED) is 0.787. The molecule has 2 aromatic rings. The van der Waals surface area contributed by atoms with Gasteiger partial charge in [-0.05, 0) is 31.0 Å². The first-order chi connectivity index (χ1) is 12.2. The third-order valence-electron chi connectivity index (χ3n) is 3.98. The summed E-state index contributed by atoms with van der Waals surface area (Å²) in [6.07, 6.45) is -0.221. The van der Waals surface area contributed by atoms with E-state index in [0.29, 0.717) is 31.3 Å². The number of ether oxygens (including phenoxy) is 3. The summed E-state index contributed by atoms with van der Waals surface area (Å²) < 4.78 is 17.1. The van der Waals surface area contributed by atoms with Crippen LogP contribution in [-0.4, -0.2) is 31.3 Å². The molecule has 1 N–H and O–H groups in total. The third kappa shape index (κ3) is 4.73. The molecular formula is C20H23NO4. The SMILES string of the molecule is C[C@H]1Oc2ccccc2O[C@H]1C(=O)NCCCOCc1ccccc1. The average Bonchev–Trinajstić information content (AvgIpc) is 2.64. The molecule has 2 aromatic carbocycles. The van der Waals surface area contributed by atoms with Crippen molar-refractivity contribution in [1.82, 2.24) is 5.32 Å². The maximum Gasteiger partial charge on any atom is 0.265 e. The molecule has 25 heavy (non-hydrogen) atoms. The lowest BCUT2D eigenvalue weighted by atomic mass is 10.1. The highest BCUT2D eigenvalue weighted by atomic mass is 16.6. The minimum absolute atomic E-state index is 0.162. The smallest absolute Gasteiger partial charge is 0.265 e. The summed E-state index contributed by atoms with van der Waals surface area (Å²) in [5.41, 5.74) is 1.15. The second-order valence-electron chi connectivity index (χ2n) is 5.99. The molecule has 0 bridgehead atoms. The monoisotopic (exact) mass is 341 g/mol. The van der Waals surface area contributed by atoms with Crippen molar-refractivity contribution < 1.29 is 19.0 Å². The lowest BCUT2D eigenvalue weighted by Gasteiger charge is -2.31. The molecule has 0 unspecified atom stereocenters. The second kappa shape index (κ2) is 8.53. The van der Waals surface area contributed by atoms with Crippen molar-refractivity contribution >= 4 is 5.91 Å². The van der Waals surface area contributed by atoms with Crippen LogP contribution < -0.4 is 14.8 Å². The van der Waals surface area contributed by atoms with E-state index in [1.165, 1.54) is 0 Å². The molecule has 2 atom stereocenters. The number of hydrogen-bond donors (Lipinski definition) is 1. The molecule has 0 radical (unpaired) electrons. The van der Waals surface area contributed by atoms with Crippen molar-refractivity contribution in [2.75, 3.05) is 13.2 Å². The lowest BCUT2D eigenvalue weighted by molar-refractivity contribution is -0.133. The number of carbonyl (C=O) groups is 1. The first-order valence-electron chi connectivity index (χ1n) is 8.56. The van der Waals surface area contributed by atoms with Gasteiger partial charge in [0.05, 0.1) is 6.61 Å². The molecule has 132 valence electrons. The summed E-state index contributed by atoms with van der Waals surface area (Å²) in [5, 5.41) is 2.89. The highest BCUT2D eigenvalue weighted by Gasteiger charge is 2.33. The van der Waals surface area contributed by atoms with E-state index in [4.69, 9.17) is 14.2 Å². The summed E-state index contributed by atoms with van der Waals surface area (Å²) in [4.78, 5) is 12.3. The van der Waals surface area contributed by atoms with Crippen molar-refractivity contribution in [1.29, 1.82) is 0 Å². The minimum atomic E-state index is -0.639. The second-order valence-corrected chi connectivity index (χ2v) is 5.99. The number of para-hydroxylation sites is 2. The summed E-state index contributed by atoms with van der Waals surface area (Å²) in [6.45, 7) is 3.56. The van der Waals surface area contributed by atoms with Crippen LogP contribution in [-0.2, 0) is 16.1 Å². The lowest BCUT2D eigenvalue weighted by Crippen LogP contribution is -2.49. The first kappa shape index (κ1) is 17.3. The number of hydrogen-bond acceptors (Lipinski definition) is 4. The molecule has 0 saturated heterocycles. The van der Waals surface area contributed by atoms with Gasteiger partial charge in [-0.25, -0.2) is 0 Å². The average molecular weight is 341 g/mol. The van der Waals surface area contributed by atoms with Gasteiger partial charge in [0.25, 0.3) is 5.91 Å². The molecule has 1 aliphatic heterocycles. The Kier molecular flexibility index (Phi) is 5.90. The van der Waals surface area contributed by atoms with Gasteiger partial charge in [0.2, 0.25) is 6.10 Å². The normalized spacial score (nSPS) is 18.6. The van der Waals surface area contributed by atoms with Crippen molar-refractivity contribution in [3.63, 3.8) is 0 Å². The Balaban J connectivity index is 1.37. The molecule has 0 aromatic heterocycles. The fraction of sp³-hybridized carbons (Fsp3) is 0.350. The Morgan fingerprint density at radius 2 is 1.72 bits per heavy atom. The Morgan fingerprint density at radius 3 is 2.48 bits per heavy atom. The molecule has 0 aliphatic carbocycles. The Hall–Kier alpha value is -2.53. The highest BCUT2D eigenvalue weighted by molar-refractivity contribution is 5.82. The summed E-state index contributed by atoms with van der Waals surface area (Å²) in [6, 6.07) is 17.4. The van der Waals surface area contributed by atoms with Crippen LogP contribution in [0.3, 0.4) is 0 Å². The molecule has 0 fully saturated rings.